The zero-order valence-corrected chi connectivity index (χ0v) is 16.9. The number of aryl methyl sites for hydroxylation is 1. The van der Waals surface area contributed by atoms with Gasteiger partial charge in [0.1, 0.15) is 30.0 Å². The van der Waals surface area contributed by atoms with E-state index in [4.69, 9.17) is 33.2 Å². The Labute approximate surface area is 177 Å². The first-order valence-corrected chi connectivity index (χ1v) is 9.47. The van der Waals surface area contributed by atoms with Gasteiger partial charge >= 0.3 is 5.97 Å². The number of benzene rings is 1. The van der Waals surface area contributed by atoms with Crippen LogP contribution < -0.4 is 5.32 Å². The summed E-state index contributed by atoms with van der Waals surface area (Å²) in [7, 11) is 0. The molecule has 10 heteroatoms. The normalized spacial score (nSPS) is 10.4. The van der Waals surface area contributed by atoms with E-state index in [2.05, 4.69) is 20.4 Å². The first kappa shape index (κ1) is 20.6. The van der Waals surface area contributed by atoms with E-state index in [1.165, 1.54) is 4.68 Å². The standard InChI is InChI=1S/C19H16Cl2N6O2/c1-2-15-25-18(26-27(15)16-13(20)6-3-7-14(16)21)19(28)29-10-9-24-17-12(11-22)5-4-8-23-17/h3-8H,2,9-10H2,1H3,(H,23,24). The molecule has 0 unspecified atom stereocenters. The third-order valence-electron chi connectivity index (χ3n) is 3.88. The molecule has 0 saturated heterocycles. The highest BCUT2D eigenvalue weighted by molar-refractivity contribution is 6.37. The molecule has 2 aromatic heterocycles. The first-order chi connectivity index (χ1) is 14.0. The van der Waals surface area contributed by atoms with Crippen molar-refractivity contribution in [1.29, 1.82) is 5.26 Å². The molecule has 29 heavy (non-hydrogen) atoms. The van der Waals surface area contributed by atoms with Gasteiger partial charge < -0.3 is 10.1 Å². The molecule has 0 radical (unpaired) electrons. The summed E-state index contributed by atoms with van der Waals surface area (Å²) in [5.74, 6) is 0.186. The van der Waals surface area contributed by atoms with Gasteiger partial charge in [-0.1, -0.05) is 36.2 Å². The molecule has 3 rings (SSSR count). The molecule has 8 nitrogen and oxygen atoms in total. The van der Waals surface area contributed by atoms with Gasteiger partial charge in [0.2, 0.25) is 0 Å². The van der Waals surface area contributed by atoms with Crippen LogP contribution in [0.3, 0.4) is 0 Å². The maximum atomic E-state index is 12.3. The molecule has 0 aliphatic carbocycles. The second kappa shape index (κ2) is 9.37. The van der Waals surface area contributed by atoms with Crippen LogP contribution >= 0.6 is 23.2 Å². The monoisotopic (exact) mass is 430 g/mol. The van der Waals surface area contributed by atoms with Crippen molar-refractivity contribution in [2.24, 2.45) is 0 Å². The third kappa shape index (κ3) is 4.65. The van der Waals surface area contributed by atoms with E-state index in [0.717, 1.165) is 0 Å². The van der Waals surface area contributed by atoms with Crippen molar-refractivity contribution >= 4 is 35.0 Å². The topological polar surface area (TPSA) is 106 Å². The van der Waals surface area contributed by atoms with Gasteiger partial charge in [-0.15, -0.1) is 5.10 Å². The maximum Gasteiger partial charge on any atom is 0.378 e. The first-order valence-electron chi connectivity index (χ1n) is 8.71. The van der Waals surface area contributed by atoms with E-state index < -0.39 is 5.97 Å². The molecule has 0 spiro atoms. The predicted octanol–water partition coefficient (Wildman–Crippen LogP) is 3.67. The smallest absolute Gasteiger partial charge is 0.378 e. The average Bonchev–Trinajstić information content (AvgIpc) is 3.15. The number of carbonyl (C=O) groups is 1. The number of carbonyl (C=O) groups excluding carboxylic acids is 1. The summed E-state index contributed by atoms with van der Waals surface area (Å²) in [5.41, 5.74) is 0.864. The van der Waals surface area contributed by atoms with Crippen molar-refractivity contribution in [2.45, 2.75) is 13.3 Å². The number of ether oxygens (including phenoxy) is 1. The molecule has 0 amide bonds. The van der Waals surface area contributed by atoms with Gasteiger partial charge in [0.05, 0.1) is 22.2 Å². The largest absolute Gasteiger partial charge is 0.458 e. The molecular formula is C19H16Cl2N6O2. The fourth-order valence-electron chi connectivity index (χ4n) is 2.54. The number of esters is 1. The number of para-hydroxylation sites is 1. The molecule has 0 bridgehead atoms. The Kier molecular flexibility index (Phi) is 6.65. The zero-order valence-electron chi connectivity index (χ0n) is 15.4. The maximum absolute atomic E-state index is 12.3. The van der Waals surface area contributed by atoms with Gasteiger partial charge in [0, 0.05) is 12.6 Å². The van der Waals surface area contributed by atoms with Crippen molar-refractivity contribution in [3.63, 3.8) is 0 Å². The number of hydrogen-bond acceptors (Lipinski definition) is 7. The van der Waals surface area contributed by atoms with E-state index in [1.807, 2.05) is 13.0 Å². The Bertz CT molecular complexity index is 1060. The lowest BCUT2D eigenvalue weighted by atomic mass is 10.3. The second-order valence-electron chi connectivity index (χ2n) is 5.76. The van der Waals surface area contributed by atoms with Crippen molar-refractivity contribution in [2.75, 3.05) is 18.5 Å². The van der Waals surface area contributed by atoms with Crippen molar-refractivity contribution in [3.8, 4) is 11.8 Å². The highest BCUT2D eigenvalue weighted by Crippen LogP contribution is 2.28. The second-order valence-corrected chi connectivity index (χ2v) is 6.58. The van der Waals surface area contributed by atoms with Crippen LogP contribution in [0, 0.1) is 11.3 Å². The number of hydrogen-bond donors (Lipinski definition) is 1. The Hall–Kier alpha value is -3.15. The minimum Gasteiger partial charge on any atom is -0.458 e. The van der Waals surface area contributed by atoms with Crippen LogP contribution in [0.25, 0.3) is 5.69 Å². The summed E-state index contributed by atoms with van der Waals surface area (Å²) < 4.78 is 6.67. The summed E-state index contributed by atoms with van der Waals surface area (Å²) in [6.45, 7) is 2.20. The lowest BCUT2D eigenvalue weighted by molar-refractivity contribution is 0.0506. The molecular weight excluding hydrogens is 415 g/mol. The minimum absolute atomic E-state index is 0.0448. The van der Waals surface area contributed by atoms with Crippen LogP contribution in [-0.2, 0) is 11.2 Å². The lowest BCUT2D eigenvalue weighted by Crippen LogP contribution is -2.16. The summed E-state index contributed by atoms with van der Waals surface area (Å²) in [4.78, 5) is 20.6. The van der Waals surface area contributed by atoms with Crippen LogP contribution in [0.1, 0.15) is 28.9 Å². The number of pyridine rings is 1. The van der Waals surface area contributed by atoms with Crippen molar-refractivity contribution in [3.05, 3.63) is 63.8 Å². The fourth-order valence-corrected chi connectivity index (χ4v) is 3.10. The van der Waals surface area contributed by atoms with Gasteiger partial charge in [0.25, 0.3) is 5.82 Å². The number of aromatic nitrogens is 4. The van der Waals surface area contributed by atoms with Crippen LogP contribution in [0.5, 0.6) is 0 Å². The van der Waals surface area contributed by atoms with Crippen LogP contribution in [0.4, 0.5) is 5.82 Å². The summed E-state index contributed by atoms with van der Waals surface area (Å²) in [6, 6.07) is 10.4. The van der Waals surface area contributed by atoms with Gasteiger partial charge in [0.15, 0.2) is 0 Å². The van der Waals surface area contributed by atoms with Gasteiger partial charge in [-0.05, 0) is 24.3 Å². The molecule has 0 atom stereocenters. The van der Waals surface area contributed by atoms with Crippen LogP contribution in [-0.4, -0.2) is 38.9 Å². The van der Waals surface area contributed by atoms with Crippen molar-refractivity contribution in [1.82, 2.24) is 19.7 Å². The number of nitrogens with one attached hydrogen (secondary N) is 1. The predicted molar refractivity (Wildman–Crippen MR) is 108 cm³/mol. The number of nitriles is 1. The van der Waals surface area contributed by atoms with E-state index in [-0.39, 0.29) is 19.0 Å². The molecule has 0 aliphatic heterocycles. The van der Waals surface area contributed by atoms with Crippen molar-refractivity contribution < 1.29 is 9.53 Å². The summed E-state index contributed by atoms with van der Waals surface area (Å²) in [6.07, 6.45) is 2.08. The molecule has 1 N–H and O–H groups in total. The number of halogens is 2. The summed E-state index contributed by atoms with van der Waals surface area (Å²) in [5, 5.41) is 17.0. The van der Waals surface area contributed by atoms with E-state index in [0.29, 0.717) is 39.4 Å². The van der Waals surface area contributed by atoms with Gasteiger partial charge in [-0.3, -0.25) is 0 Å². The Morgan fingerprint density at radius 1 is 1.28 bits per heavy atom. The van der Waals surface area contributed by atoms with E-state index in [9.17, 15) is 4.79 Å². The summed E-state index contributed by atoms with van der Waals surface area (Å²) >= 11 is 12.5. The Morgan fingerprint density at radius 2 is 2.03 bits per heavy atom. The highest BCUT2D eigenvalue weighted by atomic mass is 35.5. The van der Waals surface area contributed by atoms with Gasteiger partial charge in [-0.2, -0.15) is 5.26 Å². The molecule has 0 aliphatic rings. The molecule has 148 valence electrons. The minimum atomic E-state index is -0.676. The Balaban J connectivity index is 1.67. The average molecular weight is 431 g/mol. The number of rotatable bonds is 7. The zero-order chi connectivity index (χ0) is 20.8. The van der Waals surface area contributed by atoms with Gasteiger partial charge in [-0.25, -0.2) is 19.4 Å². The molecule has 0 saturated carbocycles. The molecule has 3 aromatic rings. The molecule has 1 aromatic carbocycles. The number of anilines is 1. The van der Waals surface area contributed by atoms with E-state index in [1.54, 1.807) is 36.5 Å². The quantitative estimate of drug-likeness (QED) is 0.449. The fraction of sp³-hybridized carbons (Fsp3) is 0.211. The van der Waals surface area contributed by atoms with E-state index >= 15 is 0 Å². The lowest BCUT2D eigenvalue weighted by Gasteiger charge is -2.08. The Morgan fingerprint density at radius 3 is 2.72 bits per heavy atom. The third-order valence-corrected chi connectivity index (χ3v) is 4.49. The van der Waals surface area contributed by atoms with Crippen LogP contribution in [0.15, 0.2) is 36.5 Å². The van der Waals surface area contributed by atoms with Crippen LogP contribution in [0.2, 0.25) is 10.0 Å². The molecule has 0 fully saturated rings. The SMILES string of the molecule is CCc1nc(C(=O)OCCNc2ncccc2C#N)nn1-c1c(Cl)cccc1Cl. The molecule has 2 heterocycles. The highest BCUT2D eigenvalue weighted by Gasteiger charge is 2.20. The number of nitrogens with zero attached hydrogens (tertiary/aromatic N) is 5.